The van der Waals surface area contributed by atoms with Gasteiger partial charge < -0.3 is 9.53 Å². The van der Waals surface area contributed by atoms with Crippen molar-refractivity contribution in [3.8, 4) is 0 Å². The molecule has 2 nitrogen and oxygen atoms in total. The predicted octanol–water partition coefficient (Wildman–Crippen LogP) is 2.43. The molecule has 1 aromatic rings. The van der Waals surface area contributed by atoms with E-state index in [-0.39, 0.29) is 0 Å². The highest BCUT2D eigenvalue weighted by atomic mass is 16.5. The maximum absolute atomic E-state index is 10.4. The number of rotatable bonds is 5. The highest BCUT2D eigenvalue weighted by molar-refractivity contribution is 5.54. The Morgan fingerprint density at radius 3 is 2.67 bits per heavy atom. The molecule has 1 fully saturated rings. The van der Waals surface area contributed by atoms with Crippen LogP contribution < -0.4 is 0 Å². The van der Waals surface area contributed by atoms with Gasteiger partial charge in [0.15, 0.2) is 0 Å². The topological polar surface area (TPSA) is 26.3 Å². The van der Waals surface area contributed by atoms with Crippen LogP contribution >= 0.6 is 0 Å². The zero-order valence-electron chi connectivity index (χ0n) is 8.76. The Bertz CT molecular complexity index is 302. The Morgan fingerprint density at radius 2 is 2.00 bits per heavy atom. The van der Waals surface area contributed by atoms with E-state index in [4.69, 9.17) is 4.74 Å². The molecule has 0 radical (unpaired) electrons. The third kappa shape index (κ3) is 2.90. The standard InChI is InChI=1S/C13H16O2/c14-8-12-6-13(7-12)10-15-9-11-4-2-1-3-5-11/h1-5,8,12-13H,6-7,9-10H2. The van der Waals surface area contributed by atoms with Crippen LogP contribution in [0.5, 0.6) is 0 Å². The Balaban J connectivity index is 1.62. The number of hydrogen-bond donors (Lipinski definition) is 0. The Labute approximate surface area is 90.3 Å². The molecule has 15 heavy (non-hydrogen) atoms. The fraction of sp³-hybridized carbons (Fsp3) is 0.462. The molecule has 1 aliphatic carbocycles. The van der Waals surface area contributed by atoms with Gasteiger partial charge >= 0.3 is 0 Å². The van der Waals surface area contributed by atoms with Crippen molar-refractivity contribution in [2.75, 3.05) is 6.61 Å². The first kappa shape index (κ1) is 10.4. The van der Waals surface area contributed by atoms with Crippen LogP contribution in [0.1, 0.15) is 18.4 Å². The molecule has 2 heteroatoms. The summed E-state index contributed by atoms with van der Waals surface area (Å²) in [6.07, 6.45) is 3.09. The van der Waals surface area contributed by atoms with Crippen LogP contribution in [0.2, 0.25) is 0 Å². The molecular weight excluding hydrogens is 188 g/mol. The van der Waals surface area contributed by atoms with E-state index in [9.17, 15) is 4.79 Å². The molecule has 0 heterocycles. The molecule has 1 aromatic carbocycles. The largest absolute Gasteiger partial charge is 0.376 e. The molecule has 0 aromatic heterocycles. The first-order chi connectivity index (χ1) is 7.38. The van der Waals surface area contributed by atoms with E-state index in [1.807, 2.05) is 18.2 Å². The molecular formula is C13H16O2. The summed E-state index contributed by atoms with van der Waals surface area (Å²) in [6, 6.07) is 10.2. The summed E-state index contributed by atoms with van der Waals surface area (Å²) in [5, 5.41) is 0. The summed E-state index contributed by atoms with van der Waals surface area (Å²) in [6.45, 7) is 1.47. The second-order valence-corrected chi connectivity index (χ2v) is 4.23. The maximum Gasteiger partial charge on any atom is 0.123 e. The van der Waals surface area contributed by atoms with E-state index in [0.717, 1.165) is 25.7 Å². The van der Waals surface area contributed by atoms with Crippen LogP contribution in [0.15, 0.2) is 30.3 Å². The minimum absolute atomic E-state index is 0.301. The summed E-state index contributed by atoms with van der Waals surface area (Å²) in [7, 11) is 0. The lowest BCUT2D eigenvalue weighted by Crippen LogP contribution is -2.28. The fourth-order valence-electron chi connectivity index (χ4n) is 1.95. The summed E-state index contributed by atoms with van der Waals surface area (Å²) in [5.41, 5.74) is 1.21. The predicted molar refractivity (Wildman–Crippen MR) is 58.4 cm³/mol. The molecule has 0 spiro atoms. The van der Waals surface area contributed by atoms with E-state index < -0.39 is 0 Å². The van der Waals surface area contributed by atoms with Crippen molar-refractivity contribution >= 4 is 6.29 Å². The van der Waals surface area contributed by atoms with Crippen LogP contribution in [0, 0.1) is 11.8 Å². The van der Waals surface area contributed by atoms with Crippen molar-refractivity contribution in [2.45, 2.75) is 19.4 Å². The third-order valence-electron chi connectivity index (χ3n) is 2.93. The number of benzene rings is 1. The first-order valence-corrected chi connectivity index (χ1v) is 5.45. The summed E-state index contributed by atoms with van der Waals surface area (Å²) in [4.78, 5) is 10.4. The van der Waals surface area contributed by atoms with Gasteiger partial charge in [0.2, 0.25) is 0 Å². The van der Waals surface area contributed by atoms with Gasteiger partial charge in [-0.3, -0.25) is 0 Å². The molecule has 0 atom stereocenters. The van der Waals surface area contributed by atoms with Crippen molar-refractivity contribution in [1.82, 2.24) is 0 Å². The summed E-state index contributed by atoms with van der Waals surface area (Å²) >= 11 is 0. The normalized spacial score (nSPS) is 24.5. The Morgan fingerprint density at radius 1 is 1.27 bits per heavy atom. The van der Waals surface area contributed by atoms with Gasteiger partial charge in [-0.2, -0.15) is 0 Å². The SMILES string of the molecule is O=CC1CC(COCc2ccccc2)C1. The number of hydrogen-bond acceptors (Lipinski definition) is 2. The Kier molecular flexibility index (Phi) is 3.51. The zero-order chi connectivity index (χ0) is 10.5. The van der Waals surface area contributed by atoms with E-state index in [0.29, 0.717) is 18.4 Å². The van der Waals surface area contributed by atoms with Crippen LogP contribution in [-0.4, -0.2) is 12.9 Å². The first-order valence-electron chi connectivity index (χ1n) is 5.45. The monoisotopic (exact) mass is 204 g/mol. The van der Waals surface area contributed by atoms with Gasteiger partial charge in [-0.1, -0.05) is 30.3 Å². The molecule has 80 valence electrons. The lowest BCUT2D eigenvalue weighted by molar-refractivity contribution is -0.115. The minimum Gasteiger partial charge on any atom is -0.376 e. The molecule has 0 bridgehead atoms. The van der Waals surface area contributed by atoms with Gasteiger partial charge in [-0.25, -0.2) is 0 Å². The lowest BCUT2D eigenvalue weighted by atomic mass is 9.76. The third-order valence-corrected chi connectivity index (χ3v) is 2.93. The molecule has 0 N–H and O–H groups in total. The fourth-order valence-corrected chi connectivity index (χ4v) is 1.95. The molecule has 0 saturated heterocycles. The maximum atomic E-state index is 10.4. The molecule has 0 unspecified atom stereocenters. The van der Waals surface area contributed by atoms with Crippen LogP contribution in [0.3, 0.4) is 0 Å². The number of carbonyl (C=O) groups excluding carboxylic acids is 1. The van der Waals surface area contributed by atoms with E-state index in [1.54, 1.807) is 0 Å². The van der Waals surface area contributed by atoms with Crippen LogP contribution in [0.4, 0.5) is 0 Å². The van der Waals surface area contributed by atoms with Gasteiger partial charge in [0.1, 0.15) is 6.29 Å². The van der Waals surface area contributed by atoms with Crippen molar-refractivity contribution in [1.29, 1.82) is 0 Å². The van der Waals surface area contributed by atoms with E-state index >= 15 is 0 Å². The highest BCUT2D eigenvalue weighted by Gasteiger charge is 2.28. The molecule has 2 rings (SSSR count). The molecule has 1 aliphatic rings. The van der Waals surface area contributed by atoms with Gasteiger partial charge in [0.25, 0.3) is 0 Å². The van der Waals surface area contributed by atoms with Crippen molar-refractivity contribution < 1.29 is 9.53 Å². The quantitative estimate of drug-likeness (QED) is 0.688. The zero-order valence-corrected chi connectivity index (χ0v) is 8.76. The van der Waals surface area contributed by atoms with Gasteiger partial charge in [-0.05, 0) is 24.3 Å². The summed E-state index contributed by atoms with van der Waals surface area (Å²) in [5.74, 6) is 0.902. The number of ether oxygens (including phenoxy) is 1. The number of carbonyl (C=O) groups is 1. The average Bonchev–Trinajstić information content (AvgIpc) is 2.23. The minimum atomic E-state index is 0.301. The van der Waals surface area contributed by atoms with E-state index in [2.05, 4.69) is 12.1 Å². The van der Waals surface area contributed by atoms with Gasteiger partial charge in [0.05, 0.1) is 6.61 Å². The Hall–Kier alpha value is -1.15. The molecule has 0 aliphatic heterocycles. The average molecular weight is 204 g/mol. The summed E-state index contributed by atoms with van der Waals surface area (Å²) < 4.78 is 5.60. The van der Waals surface area contributed by atoms with Gasteiger partial charge in [-0.15, -0.1) is 0 Å². The van der Waals surface area contributed by atoms with E-state index in [1.165, 1.54) is 5.56 Å². The second-order valence-electron chi connectivity index (χ2n) is 4.23. The number of aldehydes is 1. The van der Waals surface area contributed by atoms with Crippen molar-refractivity contribution in [3.63, 3.8) is 0 Å². The smallest absolute Gasteiger partial charge is 0.123 e. The lowest BCUT2D eigenvalue weighted by Gasteiger charge is -2.31. The van der Waals surface area contributed by atoms with Crippen LogP contribution in [0.25, 0.3) is 0 Å². The molecule has 1 saturated carbocycles. The van der Waals surface area contributed by atoms with Crippen molar-refractivity contribution in [3.05, 3.63) is 35.9 Å². The van der Waals surface area contributed by atoms with Crippen molar-refractivity contribution in [2.24, 2.45) is 11.8 Å². The highest BCUT2D eigenvalue weighted by Crippen LogP contribution is 2.32. The van der Waals surface area contributed by atoms with Crippen LogP contribution in [-0.2, 0) is 16.1 Å². The van der Waals surface area contributed by atoms with Gasteiger partial charge in [0, 0.05) is 12.5 Å². The molecule has 0 amide bonds. The second kappa shape index (κ2) is 5.08.